The lowest BCUT2D eigenvalue weighted by molar-refractivity contribution is -0.467. The highest BCUT2D eigenvalue weighted by Gasteiger charge is 2.97. The summed E-state index contributed by atoms with van der Waals surface area (Å²) in [5, 5.41) is 0. The summed E-state index contributed by atoms with van der Waals surface area (Å²) < 4.78 is 250. The Hall–Kier alpha value is -2.12. The van der Waals surface area contributed by atoms with E-state index in [-0.39, 0.29) is 6.26 Å². The highest BCUT2D eigenvalue weighted by atomic mass is 19.4. The van der Waals surface area contributed by atoms with Crippen molar-refractivity contribution < 1.29 is 92.9 Å². The first-order valence-electron chi connectivity index (χ1n) is 7.40. The van der Waals surface area contributed by atoms with Crippen LogP contribution in [0.3, 0.4) is 0 Å². The molecule has 0 radical (unpaired) electrons. The van der Waals surface area contributed by atoms with E-state index < -0.39 is 59.5 Å². The molecule has 21 heteroatoms. The molecular weight excluding hydrogens is 549 g/mol. The average Bonchev–Trinajstić information content (AvgIpc) is 2.63. The average molecular weight is 554 g/mol. The van der Waals surface area contributed by atoms with Crippen LogP contribution in [0.25, 0.3) is 0 Å². The van der Waals surface area contributed by atoms with Crippen LogP contribution >= 0.6 is 0 Å². The van der Waals surface area contributed by atoms with E-state index in [4.69, 9.17) is 0 Å². The Morgan fingerprint density at radius 2 is 0.765 bits per heavy atom. The summed E-state index contributed by atoms with van der Waals surface area (Å²) >= 11 is 0. The molecule has 0 N–H and O–H groups in total. The molecular formula is C13H5F19O2. The van der Waals surface area contributed by atoms with Gasteiger partial charge in [-0.15, -0.1) is 0 Å². The zero-order chi connectivity index (χ0) is 28.2. The molecule has 0 fully saturated rings. The first-order chi connectivity index (χ1) is 14.5. The van der Waals surface area contributed by atoms with Crippen molar-refractivity contribution in [3.05, 3.63) is 12.3 Å². The second kappa shape index (κ2) is 8.23. The van der Waals surface area contributed by atoms with E-state index in [2.05, 4.69) is 4.74 Å². The Morgan fingerprint density at radius 3 is 1.03 bits per heavy atom. The van der Waals surface area contributed by atoms with Crippen LogP contribution in [-0.4, -0.2) is 59.5 Å². The molecule has 34 heavy (non-hydrogen) atoms. The van der Waals surface area contributed by atoms with Crippen molar-refractivity contribution in [1.29, 1.82) is 0 Å². The van der Waals surface area contributed by atoms with E-state index in [0.717, 1.165) is 6.92 Å². The first kappa shape index (κ1) is 31.9. The summed E-state index contributed by atoms with van der Waals surface area (Å²) in [6.07, 6.45) is -7.86. The third-order valence-electron chi connectivity index (χ3n) is 3.68. The maximum absolute atomic E-state index is 13.4. The van der Waals surface area contributed by atoms with Gasteiger partial charge in [-0.25, -0.2) is 4.79 Å². The molecule has 0 bridgehead atoms. The summed E-state index contributed by atoms with van der Waals surface area (Å²) in [5.74, 6) is -72.3. The van der Waals surface area contributed by atoms with Crippen molar-refractivity contribution in [2.45, 2.75) is 60.5 Å². The van der Waals surface area contributed by atoms with Gasteiger partial charge >= 0.3 is 59.5 Å². The van der Waals surface area contributed by atoms with E-state index in [0.29, 0.717) is 6.08 Å². The van der Waals surface area contributed by atoms with Gasteiger partial charge in [-0.05, 0) is 6.92 Å². The third kappa shape index (κ3) is 3.91. The van der Waals surface area contributed by atoms with Crippen LogP contribution in [0.15, 0.2) is 12.3 Å². The predicted molar refractivity (Wildman–Crippen MR) is 66.5 cm³/mol. The number of allylic oxidation sites excluding steroid dienone is 1. The third-order valence-corrected chi connectivity index (χ3v) is 3.68. The fourth-order valence-electron chi connectivity index (χ4n) is 1.69. The molecule has 0 aliphatic carbocycles. The first-order valence-corrected chi connectivity index (χ1v) is 7.40. The molecule has 2 nitrogen and oxygen atoms in total. The number of halogens is 19. The molecule has 0 aromatic heterocycles. The van der Waals surface area contributed by atoms with Gasteiger partial charge in [0.25, 0.3) is 0 Å². The molecule has 0 aromatic rings. The van der Waals surface area contributed by atoms with Gasteiger partial charge in [-0.3, -0.25) is 0 Å². The van der Waals surface area contributed by atoms with Crippen LogP contribution in [0.1, 0.15) is 6.92 Å². The van der Waals surface area contributed by atoms with Crippen molar-refractivity contribution in [3.8, 4) is 0 Å². The number of carbonyl (C=O) groups excluding carboxylic acids is 1. The summed E-state index contributed by atoms with van der Waals surface area (Å²) in [4.78, 5) is 10.7. The number of esters is 1. The lowest BCUT2D eigenvalue weighted by Gasteiger charge is -2.43. The van der Waals surface area contributed by atoms with Gasteiger partial charge in [-0.1, -0.05) is 6.08 Å². The lowest BCUT2D eigenvalue weighted by Crippen LogP contribution is -2.76. The summed E-state index contributed by atoms with van der Waals surface area (Å²) in [7, 11) is 0. The number of hydrogen-bond acceptors (Lipinski definition) is 2. The van der Waals surface area contributed by atoms with Crippen molar-refractivity contribution in [3.63, 3.8) is 0 Å². The van der Waals surface area contributed by atoms with Crippen molar-refractivity contribution >= 4 is 5.97 Å². The van der Waals surface area contributed by atoms with Gasteiger partial charge < -0.3 is 4.74 Å². The van der Waals surface area contributed by atoms with Gasteiger partial charge in [-0.2, -0.15) is 83.4 Å². The Kier molecular flexibility index (Phi) is 7.72. The molecule has 0 amide bonds. The maximum atomic E-state index is 13.4. The van der Waals surface area contributed by atoms with E-state index >= 15 is 0 Å². The zero-order valence-corrected chi connectivity index (χ0v) is 15.2. The molecule has 0 atom stereocenters. The minimum absolute atomic E-state index is 0.300. The zero-order valence-electron chi connectivity index (χ0n) is 15.2. The lowest BCUT2D eigenvalue weighted by atomic mass is 9.87. The highest BCUT2D eigenvalue weighted by molar-refractivity contribution is 5.79. The van der Waals surface area contributed by atoms with Crippen LogP contribution in [0.4, 0.5) is 83.4 Å². The minimum atomic E-state index is -9.03. The molecule has 0 rings (SSSR count). The topological polar surface area (TPSA) is 26.3 Å². The van der Waals surface area contributed by atoms with Crippen molar-refractivity contribution in [1.82, 2.24) is 0 Å². The molecule has 0 saturated carbocycles. The van der Waals surface area contributed by atoms with E-state index in [1.165, 1.54) is 0 Å². The molecule has 0 saturated heterocycles. The Morgan fingerprint density at radius 1 is 0.500 bits per heavy atom. The number of rotatable bonds is 9. The molecule has 0 aliphatic heterocycles. The SMILES string of the molecule is CC=COC(=O)C(F)(F)C(F)(F)C(F)(F)C(F)(F)C(F)(F)C(F)(F)C(F)(F)C(F)(F)C(F)(F)F. The number of ether oxygens (including phenoxy) is 1. The minimum Gasteiger partial charge on any atom is -0.430 e. The van der Waals surface area contributed by atoms with Gasteiger partial charge in [0.15, 0.2) is 0 Å². The van der Waals surface area contributed by atoms with E-state index in [1.54, 1.807) is 0 Å². The number of alkyl halides is 19. The van der Waals surface area contributed by atoms with Crippen LogP contribution in [0.5, 0.6) is 0 Å². The summed E-state index contributed by atoms with van der Waals surface area (Å²) in [5.41, 5.74) is 0. The van der Waals surface area contributed by atoms with E-state index in [1.807, 2.05) is 0 Å². The molecule has 202 valence electrons. The fourth-order valence-corrected chi connectivity index (χ4v) is 1.69. The standard InChI is InChI=1S/C13H5F19O2/c1-2-3-34-4(33)5(14,15)6(16,17)7(18,19)8(20,21)9(22,23)10(24,25)11(26,27)12(28,29)13(30,31)32/h2-3H,1H3. The van der Waals surface area contributed by atoms with Crippen LogP contribution in [-0.2, 0) is 9.53 Å². The van der Waals surface area contributed by atoms with Crippen LogP contribution in [0.2, 0.25) is 0 Å². The quantitative estimate of drug-likeness (QED) is 0.180. The smallest absolute Gasteiger partial charge is 0.430 e. The monoisotopic (exact) mass is 554 g/mol. The van der Waals surface area contributed by atoms with Gasteiger partial charge in [0.05, 0.1) is 6.26 Å². The van der Waals surface area contributed by atoms with Gasteiger partial charge in [0.1, 0.15) is 0 Å². The second-order valence-corrected chi connectivity index (χ2v) is 5.97. The number of hydrogen-bond donors (Lipinski definition) is 0. The Labute approximate surface area is 173 Å². The Balaban J connectivity index is 6.91. The normalized spacial score (nSPS) is 16.2. The fraction of sp³-hybridized carbons (Fsp3) is 0.769. The molecule has 0 aromatic carbocycles. The second-order valence-electron chi connectivity index (χ2n) is 5.97. The van der Waals surface area contributed by atoms with Crippen LogP contribution in [0, 0.1) is 0 Å². The van der Waals surface area contributed by atoms with Crippen molar-refractivity contribution in [2.75, 3.05) is 0 Å². The largest absolute Gasteiger partial charge is 0.460 e. The number of carbonyl (C=O) groups is 1. The van der Waals surface area contributed by atoms with E-state index in [9.17, 15) is 88.2 Å². The van der Waals surface area contributed by atoms with Crippen LogP contribution < -0.4 is 0 Å². The molecule has 0 heterocycles. The maximum Gasteiger partial charge on any atom is 0.460 e. The van der Waals surface area contributed by atoms with Gasteiger partial charge in [0, 0.05) is 0 Å². The molecule has 0 unspecified atom stereocenters. The highest BCUT2D eigenvalue weighted by Crippen LogP contribution is 2.65. The predicted octanol–water partition coefficient (Wildman–Crippen LogP) is 6.71. The molecule has 0 aliphatic rings. The van der Waals surface area contributed by atoms with Gasteiger partial charge in [0.2, 0.25) is 0 Å². The Bertz CT molecular complexity index is 791. The van der Waals surface area contributed by atoms with Crippen molar-refractivity contribution in [2.24, 2.45) is 0 Å². The summed E-state index contributed by atoms with van der Waals surface area (Å²) in [6.45, 7) is 0.770. The molecule has 0 spiro atoms. The summed E-state index contributed by atoms with van der Waals surface area (Å²) in [6, 6.07) is 0.